The van der Waals surface area contributed by atoms with Crippen LogP contribution in [-0.4, -0.2) is 25.4 Å². The molecule has 0 spiro atoms. The average molecular weight is 131 g/mol. The second kappa shape index (κ2) is 2.77. The number of hydrogen-bond donors (Lipinski definition) is 1. The fourth-order valence-electron chi connectivity index (χ4n) is 0.226. The number of hydrogen-bond acceptors (Lipinski definition) is 3. The second-order valence-corrected chi connectivity index (χ2v) is 6.16. The van der Waals surface area contributed by atoms with Crippen LogP contribution in [0.5, 0.6) is 0 Å². The van der Waals surface area contributed by atoms with Crippen molar-refractivity contribution in [3.05, 3.63) is 0 Å². The molecule has 0 aliphatic heterocycles. The van der Waals surface area contributed by atoms with Crippen LogP contribution in [0.2, 0.25) is 13.1 Å². The minimum atomic E-state index is -2.11. The number of isocyanates is 1. The van der Waals surface area contributed by atoms with Crippen LogP contribution in [0.4, 0.5) is 0 Å². The van der Waals surface area contributed by atoms with Gasteiger partial charge in [0.15, 0.2) is 0 Å². The lowest BCUT2D eigenvalue weighted by molar-refractivity contribution is 0.545. The quantitative estimate of drug-likeness (QED) is 0.327. The van der Waals surface area contributed by atoms with Crippen LogP contribution >= 0.6 is 0 Å². The maximum absolute atomic E-state index is 9.47. The van der Waals surface area contributed by atoms with Gasteiger partial charge in [0.2, 0.25) is 14.4 Å². The van der Waals surface area contributed by atoms with E-state index in [0.717, 1.165) is 0 Å². The molecule has 8 heavy (non-hydrogen) atoms. The summed E-state index contributed by atoms with van der Waals surface area (Å²) in [5.41, 5.74) is 0. The maximum Gasteiger partial charge on any atom is 0.234 e. The molecular weight excluding hydrogens is 122 g/mol. The predicted molar refractivity (Wildman–Crippen MR) is 32.7 cm³/mol. The summed E-state index contributed by atoms with van der Waals surface area (Å²) in [6.45, 7) is 3.43. The highest BCUT2D eigenvalue weighted by atomic mass is 28.4. The zero-order valence-electron chi connectivity index (χ0n) is 5.01. The molecule has 0 bridgehead atoms. The molecule has 0 radical (unpaired) electrons. The monoisotopic (exact) mass is 131 g/mol. The molecule has 0 saturated carbocycles. The van der Waals surface area contributed by atoms with E-state index >= 15 is 0 Å². The van der Waals surface area contributed by atoms with E-state index in [0.29, 0.717) is 0 Å². The van der Waals surface area contributed by atoms with E-state index in [1.165, 1.54) is 6.08 Å². The van der Waals surface area contributed by atoms with Gasteiger partial charge in [-0.1, -0.05) is 0 Å². The Morgan fingerprint density at radius 2 is 2.25 bits per heavy atom. The Morgan fingerprint density at radius 3 is 2.38 bits per heavy atom. The van der Waals surface area contributed by atoms with Crippen LogP contribution in [0.25, 0.3) is 0 Å². The van der Waals surface area contributed by atoms with Crippen molar-refractivity contribution in [3.8, 4) is 0 Å². The summed E-state index contributed by atoms with van der Waals surface area (Å²) in [5.74, 6) is 0. The smallest absolute Gasteiger partial charge is 0.234 e. The van der Waals surface area contributed by atoms with E-state index in [2.05, 4.69) is 4.99 Å². The SMILES string of the molecule is C[Si](C)(O)CN=C=O. The van der Waals surface area contributed by atoms with Gasteiger partial charge in [-0.25, -0.2) is 9.79 Å². The van der Waals surface area contributed by atoms with Crippen LogP contribution in [-0.2, 0) is 4.79 Å². The maximum atomic E-state index is 9.47. The largest absolute Gasteiger partial charge is 0.430 e. The standard InChI is InChI=1S/C4H9NO2Si/c1-8(2,7)4-5-3-6/h7H,4H2,1-2H3. The third-order valence-corrected chi connectivity index (χ3v) is 1.46. The Kier molecular flexibility index (Phi) is 2.61. The van der Waals surface area contributed by atoms with Crippen molar-refractivity contribution in [3.63, 3.8) is 0 Å². The average Bonchev–Trinajstić information content (AvgIpc) is 1.59. The number of nitrogens with zero attached hydrogens (tertiary/aromatic N) is 1. The molecule has 0 unspecified atom stereocenters. The van der Waals surface area contributed by atoms with E-state index in [1.54, 1.807) is 13.1 Å². The van der Waals surface area contributed by atoms with Crippen LogP contribution in [0.1, 0.15) is 0 Å². The van der Waals surface area contributed by atoms with E-state index in [9.17, 15) is 4.79 Å². The van der Waals surface area contributed by atoms with Gasteiger partial charge in [0.1, 0.15) is 0 Å². The Bertz CT molecular complexity index is 112. The van der Waals surface area contributed by atoms with Crippen molar-refractivity contribution in [1.82, 2.24) is 0 Å². The number of aliphatic imine (C=N–C) groups is 1. The fourth-order valence-corrected chi connectivity index (χ4v) is 0.677. The first-order valence-electron chi connectivity index (χ1n) is 2.32. The van der Waals surface area contributed by atoms with Crippen LogP contribution in [0.3, 0.4) is 0 Å². The molecule has 0 aliphatic carbocycles. The summed E-state index contributed by atoms with van der Waals surface area (Å²) in [6.07, 6.45) is 1.63. The first kappa shape index (κ1) is 7.56. The lowest BCUT2D eigenvalue weighted by Gasteiger charge is -2.06. The first-order chi connectivity index (χ1) is 3.56. The summed E-state index contributed by atoms with van der Waals surface area (Å²) < 4.78 is 0. The van der Waals surface area contributed by atoms with Gasteiger partial charge in [-0.15, -0.1) is 0 Å². The van der Waals surface area contributed by atoms with Crippen molar-refractivity contribution < 1.29 is 9.59 Å². The molecule has 0 fully saturated rings. The van der Waals surface area contributed by atoms with Gasteiger partial charge >= 0.3 is 0 Å². The molecule has 0 amide bonds. The lowest BCUT2D eigenvalue weighted by Crippen LogP contribution is -2.29. The van der Waals surface area contributed by atoms with Crippen LogP contribution in [0, 0.1) is 0 Å². The molecule has 0 aromatic rings. The summed E-state index contributed by atoms with van der Waals surface area (Å²) in [5, 5.41) is 0. The number of rotatable bonds is 2. The topological polar surface area (TPSA) is 49.7 Å². The molecule has 0 aromatic heterocycles. The summed E-state index contributed by atoms with van der Waals surface area (Å²) >= 11 is 0. The molecule has 0 rings (SSSR count). The summed E-state index contributed by atoms with van der Waals surface area (Å²) in [4.78, 5) is 21.7. The highest BCUT2D eigenvalue weighted by molar-refractivity contribution is 6.70. The van der Waals surface area contributed by atoms with Crippen molar-refractivity contribution in [2.75, 3.05) is 6.17 Å². The predicted octanol–water partition coefficient (Wildman–Crippen LogP) is 0.0588. The van der Waals surface area contributed by atoms with Gasteiger partial charge < -0.3 is 4.80 Å². The van der Waals surface area contributed by atoms with E-state index in [4.69, 9.17) is 4.80 Å². The van der Waals surface area contributed by atoms with E-state index in [1.807, 2.05) is 0 Å². The molecule has 0 atom stereocenters. The fraction of sp³-hybridized carbons (Fsp3) is 0.750. The highest BCUT2D eigenvalue weighted by Crippen LogP contribution is 1.93. The minimum absolute atomic E-state index is 0.260. The second-order valence-electron chi connectivity index (χ2n) is 2.22. The van der Waals surface area contributed by atoms with E-state index in [-0.39, 0.29) is 6.17 Å². The van der Waals surface area contributed by atoms with Gasteiger partial charge in [-0.3, -0.25) is 0 Å². The molecule has 4 heteroatoms. The summed E-state index contributed by atoms with van der Waals surface area (Å²) in [6, 6.07) is 0. The minimum Gasteiger partial charge on any atom is -0.430 e. The zero-order valence-corrected chi connectivity index (χ0v) is 6.01. The Labute approximate surface area is 49.2 Å². The van der Waals surface area contributed by atoms with Crippen LogP contribution < -0.4 is 0 Å². The van der Waals surface area contributed by atoms with E-state index < -0.39 is 8.32 Å². The molecular formula is C4H9NO2Si. The Morgan fingerprint density at radius 1 is 1.75 bits per heavy atom. The van der Waals surface area contributed by atoms with Gasteiger partial charge in [0.05, 0.1) is 6.17 Å². The first-order valence-corrected chi connectivity index (χ1v) is 5.48. The van der Waals surface area contributed by atoms with Crippen molar-refractivity contribution in [2.45, 2.75) is 13.1 Å². The molecule has 46 valence electrons. The Balaban J connectivity index is 3.55. The summed E-state index contributed by atoms with van der Waals surface area (Å²) in [7, 11) is -2.11. The molecule has 0 aliphatic rings. The zero-order chi connectivity index (χ0) is 6.62. The number of carbonyl (C=O) groups excluding carboxylic acids is 1. The Hall–Kier alpha value is -0.443. The molecule has 0 saturated heterocycles. The van der Waals surface area contributed by atoms with Crippen molar-refractivity contribution in [1.29, 1.82) is 0 Å². The van der Waals surface area contributed by atoms with Crippen molar-refractivity contribution >= 4 is 14.4 Å². The van der Waals surface area contributed by atoms with Gasteiger partial charge in [-0.2, -0.15) is 0 Å². The molecule has 1 N–H and O–H groups in total. The molecule has 0 aromatic carbocycles. The van der Waals surface area contributed by atoms with Crippen LogP contribution in [0.15, 0.2) is 4.99 Å². The lowest BCUT2D eigenvalue weighted by atomic mass is 11.4. The van der Waals surface area contributed by atoms with Crippen molar-refractivity contribution in [2.24, 2.45) is 4.99 Å². The molecule has 0 heterocycles. The third kappa shape index (κ3) is 5.56. The highest BCUT2D eigenvalue weighted by Gasteiger charge is 2.14. The normalized spacial score (nSPS) is 10.4. The van der Waals surface area contributed by atoms with Gasteiger partial charge in [0.25, 0.3) is 0 Å². The van der Waals surface area contributed by atoms with Gasteiger partial charge in [0, 0.05) is 0 Å². The molecule has 3 nitrogen and oxygen atoms in total. The van der Waals surface area contributed by atoms with Gasteiger partial charge in [-0.05, 0) is 13.1 Å². The third-order valence-electron chi connectivity index (χ3n) is 0.531.